The Kier molecular flexibility index (Phi) is 5.07. The second-order valence-corrected chi connectivity index (χ2v) is 6.72. The minimum absolute atomic E-state index is 0.334. The maximum absolute atomic E-state index is 12.6. The Hall–Kier alpha value is -2.62. The maximum Gasteiger partial charge on any atom is 0.239 e. The Bertz CT molecular complexity index is 779. The summed E-state index contributed by atoms with van der Waals surface area (Å²) in [7, 11) is 0. The molecule has 0 atom stereocenters. The third-order valence-electron chi connectivity index (χ3n) is 4.04. The Morgan fingerprint density at radius 3 is 2.08 bits per heavy atom. The molecule has 0 aromatic heterocycles. The summed E-state index contributed by atoms with van der Waals surface area (Å²) in [6, 6.07) is 13.3. The van der Waals surface area contributed by atoms with Crippen molar-refractivity contribution in [3.63, 3.8) is 0 Å². The molecule has 0 bridgehead atoms. The molecule has 0 heterocycles. The van der Waals surface area contributed by atoms with Crippen molar-refractivity contribution in [2.75, 3.05) is 10.6 Å². The first-order chi connectivity index (χ1) is 11.2. The fourth-order valence-corrected chi connectivity index (χ4v) is 2.35. The molecule has 0 saturated heterocycles. The summed E-state index contributed by atoms with van der Waals surface area (Å²) in [6.45, 7) is 9.13. The summed E-state index contributed by atoms with van der Waals surface area (Å²) >= 11 is 0. The van der Waals surface area contributed by atoms with Crippen LogP contribution in [0, 0.1) is 26.2 Å². The number of nitrogens with one attached hydrogen (secondary N) is 2. The Labute approximate surface area is 143 Å². The minimum atomic E-state index is -1.19. The van der Waals surface area contributed by atoms with E-state index < -0.39 is 5.41 Å². The van der Waals surface area contributed by atoms with E-state index in [1.807, 2.05) is 63.2 Å². The van der Waals surface area contributed by atoms with E-state index in [0.29, 0.717) is 5.69 Å². The van der Waals surface area contributed by atoms with E-state index >= 15 is 0 Å². The van der Waals surface area contributed by atoms with Gasteiger partial charge in [0.1, 0.15) is 5.41 Å². The zero-order valence-electron chi connectivity index (χ0n) is 14.9. The largest absolute Gasteiger partial charge is 0.325 e. The molecule has 24 heavy (non-hydrogen) atoms. The van der Waals surface area contributed by atoms with Gasteiger partial charge < -0.3 is 10.6 Å². The first-order valence-electron chi connectivity index (χ1n) is 7.97. The molecular formula is C20H24N2O2. The van der Waals surface area contributed by atoms with Gasteiger partial charge in [-0.2, -0.15) is 0 Å². The van der Waals surface area contributed by atoms with Crippen molar-refractivity contribution in [1.82, 2.24) is 0 Å². The van der Waals surface area contributed by atoms with Gasteiger partial charge in [-0.15, -0.1) is 0 Å². The van der Waals surface area contributed by atoms with Gasteiger partial charge in [0.25, 0.3) is 0 Å². The fourth-order valence-electron chi connectivity index (χ4n) is 2.35. The smallest absolute Gasteiger partial charge is 0.239 e. The van der Waals surface area contributed by atoms with Crippen LogP contribution in [0.25, 0.3) is 0 Å². The van der Waals surface area contributed by atoms with Crippen LogP contribution < -0.4 is 10.6 Å². The van der Waals surface area contributed by atoms with Crippen LogP contribution in [0.2, 0.25) is 0 Å². The van der Waals surface area contributed by atoms with Crippen molar-refractivity contribution in [3.05, 3.63) is 59.2 Å². The molecule has 0 fully saturated rings. The molecule has 0 unspecified atom stereocenters. The van der Waals surface area contributed by atoms with Gasteiger partial charge in [0.05, 0.1) is 0 Å². The molecule has 0 aliphatic carbocycles. The highest BCUT2D eigenvalue weighted by Crippen LogP contribution is 2.24. The zero-order chi connectivity index (χ0) is 17.9. The average Bonchev–Trinajstić information content (AvgIpc) is 2.49. The molecule has 0 aliphatic heterocycles. The van der Waals surface area contributed by atoms with Crippen LogP contribution in [-0.4, -0.2) is 11.8 Å². The monoisotopic (exact) mass is 324 g/mol. The third-order valence-corrected chi connectivity index (χ3v) is 4.04. The molecule has 0 saturated carbocycles. The molecule has 2 amide bonds. The molecule has 2 aromatic rings. The maximum atomic E-state index is 12.6. The summed E-state index contributed by atoms with van der Waals surface area (Å²) in [4.78, 5) is 25.1. The van der Waals surface area contributed by atoms with Crippen molar-refractivity contribution in [1.29, 1.82) is 0 Å². The van der Waals surface area contributed by atoms with E-state index in [9.17, 15) is 9.59 Å². The molecule has 2 aromatic carbocycles. The molecular weight excluding hydrogens is 300 g/mol. The quantitative estimate of drug-likeness (QED) is 0.828. The first-order valence-corrected chi connectivity index (χ1v) is 7.97. The zero-order valence-corrected chi connectivity index (χ0v) is 14.9. The Balaban J connectivity index is 2.12. The molecule has 2 N–H and O–H groups in total. The molecule has 126 valence electrons. The van der Waals surface area contributed by atoms with Gasteiger partial charge in [-0.1, -0.05) is 29.8 Å². The lowest BCUT2D eigenvalue weighted by molar-refractivity contribution is -0.135. The van der Waals surface area contributed by atoms with Gasteiger partial charge in [0.15, 0.2) is 0 Å². The highest BCUT2D eigenvalue weighted by Gasteiger charge is 2.36. The number of carbonyl (C=O) groups is 2. The Morgan fingerprint density at radius 2 is 1.46 bits per heavy atom. The summed E-state index contributed by atoms with van der Waals surface area (Å²) in [5, 5.41) is 5.67. The average molecular weight is 324 g/mol. The first kappa shape index (κ1) is 17.7. The van der Waals surface area contributed by atoms with E-state index in [0.717, 1.165) is 22.4 Å². The van der Waals surface area contributed by atoms with Crippen molar-refractivity contribution < 1.29 is 9.59 Å². The van der Waals surface area contributed by atoms with Gasteiger partial charge >= 0.3 is 0 Å². The highest BCUT2D eigenvalue weighted by atomic mass is 16.2. The molecule has 0 aliphatic rings. The van der Waals surface area contributed by atoms with Crippen LogP contribution >= 0.6 is 0 Å². The molecule has 0 radical (unpaired) electrons. The van der Waals surface area contributed by atoms with E-state index in [-0.39, 0.29) is 11.8 Å². The number of amides is 2. The van der Waals surface area contributed by atoms with Crippen molar-refractivity contribution in [2.24, 2.45) is 5.41 Å². The lowest BCUT2D eigenvalue weighted by Gasteiger charge is -2.23. The second kappa shape index (κ2) is 6.87. The van der Waals surface area contributed by atoms with Crippen LogP contribution in [-0.2, 0) is 9.59 Å². The highest BCUT2D eigenvalue weighted by molar-refractivity contribution is 6.14. The normalized spacial score (nSPS) is 11.0. The predicted octanol–water partition coefficient (Wildman–Crippen LogP) is 4.22. The van der Waals surface area contributed by atoms with Gasteiger partial charge in [-0.05, 0) is 63.9 Å². The molecule has 4 heteroatoms. The number of rotatable bonds is 4. The van der Waals surface area contributed by atoms with E-state index in [1.165, 1.54) is 0 Å². The van der Waals surface area contributed by atoms with Crippen LogP contribution in [0.1, 0.15) is 30.5 Å². The number of carbonyl (C=O) groups excluding carboxylic acids is 2. The minimum Gasteiger partial charge on any atom is -0.325 e. The summed E-state index contributed by atoms with van der Waals surface area (Å²) in [5.74, 6) is -0.671. The lowest BCUT2D eigenvalue weighted by atomic mass is 9.90. The Morgan fingerprint density at radius 1 is 0.833 bits per heavy atom. The molecule has 0 spiro atoms. The topological polar surface area (TPSA) is 58.2 Å². The van der Waals surface area contributed by atoms with E-state index in [1.54, 1.807) is 13.8 Å². The SMILES string of the molecule is Cc1cccc(NC(=O)C(C)(C)C(=O)Nc2ccc(C)cc2C)c1. The molecule has 2 rings (SSSR count). The number of anilines is 2. The van der Waals surface area contributed by atoms with Gasteiger partial charge in [-0.25, -0.2) is 0 Å². The van der Waals surface area contributed by atoms with E-state index in [2.05, 4.69) is 10.6 Å². The van der Waals surface area contributed by atoms with E-state index in [4.69, 9.17) is 0 Å². The van der Waals surface area contributed by atoms with Crippen molar-refractivity contribution in [3.8, 4) is 0 Å². The number of hydrogen-bond donors (Lipinski definition) is 2. The fraction of sp³-hybridized carbons (Fsp3) is 0.300. The summed E-state index contributed by atoms with van der Waals surface area (Å²) in [6.07, 6.45) is 0. The third kappa shape index (κ3) is 4.02. The van der Waals surface area contributed by atoms with Crippen LogP contribution in [0.3, 0.4) is 0 Å². The number of hydrogen-bond acceptors (Lipinski definition) is 2. The van der Waals surface area contributed by atoms with Crippen LogP contribution in [0.5, 0.6) is 0 Å². The van der Waals surface area contributed by atoms with Crippen LogP contribution in [0.4, 0.5) is 11.4 Å². The standard InChI is InChI=1S/C20H24N2O2/c1-13-7-6-8-16(12-13)21-18(23)20(4,5)19(24)22-17-10-9-14(2)11-15(17)3/h6-12H,1-5H3,(H,21,23)(H,22,24). The second-order valence-electron chi connectivity index (χ2n) is 6.72. The lowest BCUT2D eigenvalue weighted by Crippen LogP contribution is -2.41. The van der Waals surface area contributed by atoms with Gasteiger partial charge in [-0.3, -0.25) is 9.59 Å². The molecule has 4 nitrogen and oxygen atoms in total. The number of benzene rings is 2. The van der Waals surface area contributed by atoms with Crippen molar-refractivity contribution >= 4 is 23.2 Å². The summed E-state index contributed by atoms with van der Waals surface area (Å²) < 4.78 is 0. The number of aryl methyl sites for hydroxylation is 3. The van der Waals surface area contributed by atoms with Crippen molar-refractivity contribution in [2.45, 2.75) is 34.6 Å². The summed E-state index contributed by atoms with van der Waals surface area (Å²) in [5.41, 5.74) is 3.36. The van der Waals surface area contributed by atoms with Gasteiger partial charge in [0.2, 0.25) is 11.8 Å². The van der Waals surface area contributed by atoms with Gasteiger partial charge in [0, 0.05) is 11.4 Å². The predicted molar refractivity (Wildman–Crippen MR) is 98.1 cm³/mol. The van der Waals surface area contributed by atoms with Crippen LogP contribution in [0.15, 0.2) is 42.5 Å².